The summed E-state index contributed by atoms with van der Waals surface area (Å²) in [6, 6.07) is 19.3. The Bertz CT molecular complexity index is 634. The fourth-order valence-corrected chi connectivity index (χ4v) is 4.84. The van der Waals surface area contributed by atoms with Crippen LogP contribution in [0.2, 0.25) is 0 Å². The topological polar surface area (TPSA) is 21.6 Å². The molecule has 6 heteroatoms. The van der Waals surface area contributed by atoms with Crippen molar-refractivity contribution in [3.8, 4) is 0 Å². The van der Waals surface area contributed by atoms with Crippen LogP contribution >= 0.6 is 7.92 Å². The van der Waals surface area contributed by atoms with Crippen LogP contribution < -0.4 is 10.6 Å². The first-order valence-electron chi connectivity index (χ1n) is 7.19. The van der Waals surface area contributed by atoms with Crippen molar-refractivity contribution in [1.29, 1.82) is 0 Å². The summed E-state index contributed by atoms with van der Waals surface area (Å²) in [7, 11) is -0.771. The van der Waals surface area contributed by atoms with Crippen LogP contribution in [0.3, 0.4) is 0 Å². The van der Waals surface area contributed by atoms with Gasteiger partial charge in [0.25, 0.3) is 5.90 Å². The molecule has 23 heavy (non-hydrogen) atoms. The molecule has 2 aromatic carbocycles. The fourth-order valence-electron chi connectivity index (χ4n) is 2.45. The van der Waals surface area contributed by atoms with Gasteiger partial charge in [0.1, 0.15) is 6.61 Å². The van der Waals surface area contributed by atoms with E-state index in [-0.39, 0.29) is 6.61 Å². The van der Waals surface area contributed by atoms with Crippen LogP contribution in [0, 0.1) is 0 Å². The Morgan fingerprint density at radius 1 is 0.957 bits per heavy atom. The van der Waals surface area contributed by atoms with E-state index in [0.29, 0.717) is 6.16 Å². The maximum Gasteiger partial charge on any atom is 0.468 e. The third-order valence-electron chi connectivity index (χ3n) is 3.48. The van der Waals surface area contributed by atoms with Crippen molar-refractivity contribution in [1.82, 2.24) is 0 Å². The highest BCUT2D eigenvalue weighted by Gasteiger charge is 2.42. The van der Waals surface area contributed by atoms with Gasteiger partial charge in [-0.3, -0.25) is 0 Å². The molecule has 0 unspecified atom stereocenters. The number of aliphatic imine (C=N–C) groups is 1. The lowest BCUT2D eigenvalue weighted by Crippen LogP contribution is -2.22. The molecule has 0 amide bonds. The molecule has 0 saturated heterocycles. The van der Waals surface area contributed by atoms with Gasteiger partial charge in [-0.2, -0.15) is 13.2 Å². The summed E-state index contributed by atoms with van der Waals surface area (Å²) in [5.41, 5.74) is 0. The van der Waals surface area contributed by atoms with Crippen LogP contribution in [0.25, 0.3) is 0 Å². The molecule has 1 aliphatic heterocycles. The molecule has 120 valence electrons. The van der Waals surface area contributed by atoms with Crippen molar-refractivity contribution in [2.45, 2.75) is 12.2 Å². The molecule has 3 rings (SSSR count). The normalized spacial score (nSPS) is 17.9. The van der Waals surface area contributed by atoms with E-state index in [1.54, 1.807) is 0 Å². The largest absolute Gasteiger partial charge is 0.472 e. The molecule has 0 aliphatic carbocycles. The van der Waals surface area contributed by atoms with Crippen LogP contribution in [-0.2, 0) is 4.74 Å². The van der Waals surface area contributed by atoms with E-state index in [1.165, 1.54) is 0 Å². The van der Waals surface area contributed by atoms with Gasteiger partial charge in [-0.05, 0) is 18.5 Å². The lowest BCUT2D eigenvalue weighted by molar-refractivity contribution is -0.0753. The molecule has 0 saturated carbocycles. The maximum atomic E-state index is 12.7. The Morgan fingerprint density at radius 3 is 1.91 bits per heavy atom. The van der Waals surface area contributed by atoms with Crippen LogP contribution in [0.4, 0.5) is 13.2 Å². The minimum atomic E-state index is -4.50. The second-order valence-electron chi connectivity index (χ2n) is 5.18. The Labute approximate surface area is 133 Å². The summed E-state index contributed by atoms with van der Waals surface area (Å²) in [6.45, 7) is -0.00660. The third-order valence-corrected chi connectivity index (χ3v) is 6.11. The summed E-state index contributed by atoms with van der Waals surface area (Å²) in [4.78, 5) is 3.74. The molecule has 0 fully saturated rings. The average Bonchev–Trinajstić information content (AvgIpc) is 3.03. The smallest absolute Gasteiger partial charge is 0.468 e. The van der Waals surface area contributed by atoms with Crippen LogP contribution in [0.15, 0.2) is 65.7 Å². The highest BCUT2D eigenvalue weighted by Crippen LogP contribution is 2.36. The maximum absolute atomic E-state index is 12.7. The zero-order chi connectivity index (χ0) is 16.3. The van der Waals surface area contributed by atoms with Crippen molar-refractivity contribution < 1.29 is 17.9 Å². The molecule has 2 nitrogen and oxygen atoms in total. The summed E-state index contributed by atoms with van der Waals surface area (Å²) < 4.78 is 42.7. The Kier molecular flexibility index (Phi) is 4.67. The van der Waals surface area contributed by atoms with Crippen molar-refractivity contribution in [3.05, 3.63) is 60.7 Å². The Hall–Kier alpha value is -1.87. The minimum absolute atomic E-state index is 0.00660. The first kappa shape index (κ1) is 16.0. The number of ether oxygens (including phenoxy) is 1. The molecule has 1 atom stereocenters. The lowest BCUT2D eigenvalue weighted by Gasteiger charge is -2.20. The van der Waals surface area contributed by atoms with Crippen LogP contribution in [0.5, 0.6) is 0 Å². The molecular weight excluding hydrogens is 322 g/mol. The molecule has 0 spiro atoms. The quantitative estimate of drug-likeness (QED) is 0.783. The first-order chi connectivity index (χ1) is 11.0. The minimum Gasteiger partial charge on any atom is -0.472 e. The predicted molar refractivity (Wildman–Crippen MR) is 87.2 cm³/mol. The van der Waals surface area contributed by atoms with Gasteiger partial charge in [0.05, 0.1) is 6.04 Å². The Balaban J connectivity index is 1.85. The monoisotopic (exact) mass is 337 g/mol. The van der Waals surface area contributed by atoms with E-state index in [9.17, 15) is 13.2 Å². The van der Waals surface area contributed by atoms with Crippen molar-refractivity contribution in [3.63, 3.8) is 0 Å². The molecule has 0 bridgehead atoms. The van der Waals surface area contributed by atoms with Gasteiger partial charge in [0, 0.05) is 6.16 Å². The predicted octanol–water partition coefficient (Wildman–Crippen LogP) is 3.48. The molecule has 0 aromatic heterocycles. The SMILES string of the molecule is FC(F)(F)C1=N[C@H](CP(c2ccccc2)c2ccccc2)CO1. The van der Waals surface area contributed by atoms with E-state index in [2.05, 4.69) is 4.99 Å². The summed E-state index contributed by atoms with van der Waals surface area (Å²) >= 11 is 0. The fraction of sp³-hybridized carbons (Fsp3) is 0.235. The second-order valence-corrected chi connectivity index (χ2v) is 7.43. The summed E-state index contributed by atoms with van der Waals surface area (Å²) in [5.74, 6) is -1.10. The van der Waals surface area contributed by atoms with Gasteiger partial charge >= 0.3 is 6.18 Å². The second kappa shape index (κ2) is 6.71. The van der Waals surface area contributed by atoms with Crippen molar-refractivity contribution >= 4 is 24.4 Å². The molecular formula is C17H15F3NOP. The van der Waals surface area contributed by atoms with Gasteiger partial charge in [-0.15, -0.1) is 0 Å². The van der Waals surface area contributed by atoms with Gasteiger partial charge in [0.2, 0.25) is 0 Å². The highest BCUT2D eigenvalue weighted by atomic mass is 31.1. The van der Waals surface area contributed by atoms with Gasteiger partial charge in [-0.25, -0.2) is 4.99 Å². The molecule has 0 radical (unpaired) electrons. The van der Waals surface area contributed by atoms with Gasteiger partial charge < -0.3 is 4.74 Å². The van der Waals surface area contributed by atoms with E-state index in [0.717, 1.165) is 10.6 Å². The standard InChI is InChI=1S/C17H15F3NOP/c18-17(19,20)16-21-13(11-22-16)12-23(14-7-3-1-4-8-14)15-9-5-2-6-10-15/h1-10,13H,11-12H2/t13-/m0/s1. The molecule has 2 aromatic rings. The average molecular weight is 337 g/mol. The molecule has 1 aliphatic rings. The summed E-state index contributed by atoms with van der Waals surface area (Å²) in [6.07, 6.45) is -3.96. The van der Waals surface area contributed by atoms with Gasteiger partial charge in [-0.1, -0.05) is 60.7 Å². The number of rotatable bonds is 4. The number of nitrogens with zero attached hydrogens (tertiary/aromatic N) is 1. The van der Waals surface area contributed by atoms with Crippen molar-refractivity contribution in [2.24, 2.45) is 4.99 Å². The molecule has 0 N–H and O–H groups in total. The van der Waals surface area contributed by atoms with E-state index >= 15 is 0 Å². The van der Waals surface area contributed by atoms with Gasteiger partial charge in [0.15, 0.2) is 0 Å². The number of halogens is 3. The lowest BCUT2D eigenvalue weighted by atomic mass is 10.4. The number of hydrogen-bond acceptors (Lipinski definition) is 2. The van der Waals surface area contributed by atoms with Crippen LogP contribution in [0.1, 0.15) is 0 Å². The summed E-state index contributed by atoms with van der Waals surface area (Å²) in [5, 5.41) is 2.26. The zero-order valence-electron chi connectivity index (χ0n) is 12.2. The van der Waals surface area contributed by atoms with E-state index < -0.39 is 26.0 Å². The van der Waals surface area contributed by atoms with Crippen molar-refractivity contribution in [2.75, 3.05) is 12.8 Å². The zero-order valence-corrected chi connectivity index (χ0v) is 13.1. The number of alkyl halides is 3. The highest BCUT2D eigenvalue weighted by molar-refractivity contribution is 7.73. The first-order valence-corrected chi connectivity index (χ1v) is 8.72. The third kappa shape index (κ3) is 3.91. The molecule has 1 heterocycles. The van der Waals surface area contributed by atoms with E-state index in [1.807, 2.05) is 60.7 Å². The number of benzene rings is 2. The number of hydrogen-bond donors (Lipinski definition) is 0. The van der Waals surface area contributed by atoms with E-state index in [4.69, 9.17) is 4.74 Å². The Morgan fingerprint density at radius 2 is 1.48 bits per heavy atom. The van der Waals surface area contributed by atoms with Crippen LogP contribution in [-0.4, -0.2) is 30.9 Å².